The van der Waals surface area contributed by atoms with Gasteiger partial charge in [-0.3, -0.25) is 0 Å². The lowest BCUT2D eigenvalue weighted by Gasteiger charge is -2.13. The monoisotopic (exact) mass is 223 g/mol. The van der Waals surface area contributed by atoms with Crippen LogP contribution in [0.2, 0.25) is 0 Å². The van der Waals surface area contributed by atoms with E-state index in [0.717, 1.165) is 6.42 Å². The molecule has 0 aliphatic heterocycles. The van der Waals surface area contributed by atoms with E-state index in [1.165, 1.54) is 7.11 Å². The van der Waals surface area contributed by atoms with Gasteiger partial charge in [0.1, 0.15) is 11.3 Å². The zero-order valence-electron chi connectivity index (χ0n) is 9.82. The normalized spacial score (nSPS) is 11.9. The third-order valence-electron chi connectivity index (χ3n) is 2.33. The van der Waals surface area contributed by atoms with Crippen molar-refractivity contribution in [3.8, 4) is 5.75 Å². The number of ether oxygens (including phenoxy) is 2. The highest BCUT2D eigenvalue weighted by molar-refractivity contribution is 5.93. The van der Waals surface area contributed by atoms with E-state index in [4.69, 9.17) is 15.2 Å². The van der Waals surface area contributed by atoms with E-state index in [1.807, 2.05) is 13.8 Å². The second kappa shape index (κ2) is 5.39. The zero-order chi connectivity index (χ0) is 12.1. The molecule has 88 valence electrons. The summed E-state index contributed by atoms with van der Waals surface area (Å²) < 4.78 is 10.3. The number of nitrogens with two attached hydrogens (primary N) is 1. The molecule has 1 atom stereocenters. The van der Waals surface area contributed by atoms with Crippen LogP contribution in [0.5, 0.6) is 5.75 Å². The largest absolute Gasteiger partial charge is 0.496 e. The van der Waals surface area contributed by atoms with Crippen molar-refractivity contribution in [3.63, 3.8) is 0 Å². The molecule has 0 unspecified atom stereocenters. The van der Waals surface area contributed by atoms with Gasteiger partial charge in [-0.25, -0.2) is 4.79 Å². The minimum Gasteiger partial charge on any atom is -0.496 e. The van der Waals surface area contributed by atoms with Crippen molar-refractivity contribution < 1.29 is 14.3 Å². The molecular formula is C12H17NO3. The van der Waals surface area contributed by atoms with Gasteiger partial charge in [0.25, 0.3) is 0 Å². The van der Waals surface area contributed by atoms with Gasteiger partial charge < -0.3 is 15.2 Å². The third kappa shape index (κ3) is 2.89. The predicted molar refractivity (Wildman–Crippen MR) is 62.6 cm³/mol. The molecule has 0 heterocycles. The SMILES string of the molecule is CC[C@H](C)OC(=O)c1cc(N)ccc1OC. The molecule has 0 fully saturated rings. The van der Waals surface area contributed by atoms with Crippen molar-refractivity contribution in [2.24, 2.45) is 0 Å². The quantitative estimate of drug-likeness (QED) is 0.628. The van der Waals surface area contributed by atoms with Crippen LogP contribution in [0.25, 0.3) is 0 Å². The molecule has 1 aromatic rings. The maximum atomic E-state index is 11.8. The van der Waals surface area contributed by atoms with Crippen molar-refractivity contribution in [3.05, 3.63) is 23.8 Å². The molecule has 1 rings (SSSR count). The Kier molecular flexibility index (Phi) is 4.17. The summed E-state index contributed by atoms with van der Waals surface area (Å²) in [6, 6.07) is 4.89. The van der Waals surface area contributed by atoms with Gasteiger partial charge in [0.2, 0.25) is 0 Å². The molecule has 4 heteroatoms. The molecule has 0 bridgehead atoms. The van der Waals surface area contributed by atoms with Crippen molar-refractivity contribution >= 4 is 11.7 Å². The fourth-order valence-electron chi connectivity index (χ4n) is 1.21. The van der Waals surface area contributed by atoms with Crippen molar-refractivity contribution in [1.82, 2.24) is 0 Å². The summed E-state index contributed by atoms with van der Waals surface area (Å²) in [5.74, 6) is 0.0704. The van der Waals surface area contributed by atoms with Crippen LogP contribution in [0, 0.1) is 0 Å². The summed E-state index contributed by atoms with van der Waals surface area (Å²) in [6.07, 6.45) is 0.662. The molecule has 0 saturated heterocycles. The fraction of sp³-hybridized carbons (Fsp3) is 0.417. The second-order valence-electron chi connectivity index (χ2n) is 3.58. The minimum absolute atomic E-state index is 0.112. The Balaban J connectivity index is 2.93. The topological polar surface area (TPSA) is 61.5 Å². The molecule has 2 N–H and O–H groups in total. The molecule has 0 saturated carbocycles. The molecule has 16 heavy (non-hydrogen) atoms. The van der Waals surface area contributed by atoms with Crippen molar-refractivity contribution in [2.75, 3.05) is 12.8 Å². The summed E-state index contributed by atoms with van der Waals surface area (Å²) >= 11 is 0. The fourth-order valence-corrected chi connectivity index (χ4v) is 1.21. The maximum absolute atomic E-state index is 11.8. The van der Waals surface area contributed by atoms with Gasteiger partial charge in [0.05, 0.1) is 13.2 Å². The van der Waals surface area contributed by atoms with Gasteiger partial charge in [-0.05, 0) is 31.5 Å². The lowest BCUT2D eigenvalue weighted by Crippen LogP contribution is -2.15. The van der Waals surface area contributed by atoms with Gasteiger partial charge in [0, 0.05) is 5.69 Å². The number of esters is 1. The van der Waals surface area contributed by atoms with Crippen LogP contribution in [0.15, 0.2) is 18.2 Å². The molecule has 0 aromatic heterocycles. The summed E-state index contributed by atoms with van der Waals surface area (Å²) in [4.78, 5) is 11.8. The lowest BCUT2D eigenvalue weighted by molar-refractivity contribution is 0.0331. The summed E-state index contributed by atoms with van der Waals surface area (Å²) in [6.45, 7) is 3.80. The average Bonchev–Trinajstić information content (AvgIpc) is 2.28. The molecule has 0 aliphatic carbocycles. The Hall–Kier alpha value is -1.71. The molecule has 0 aliphatic rings. The number of carbonyl (C=O) groups excluding carboxylic acids is 1. The highest BCUT2D eigenvalue weighted by Gasteiger charge is 2.16. The third-order valence-corrected chi connectivity index (χ3v) is 2.33. The number of methoxy groups -OCH3 is 1. The molecule has 0 amide bonds. The van der Waals surface area contributed by atoms with Crippen molar-refractivity contribution in [2.45, 2.75) is 26.4 Å². The van der Waals surface area contributed by atoms with Crippen LogP contribution in [0.1, 0.15) is 30.6 Å². The Morgan fingerprint density at radius 3 is 2.75 bits per heavy atom. The number of anilines is 1. The molecule has 0 radical (unpaired) electrons. The second-order valence-corrected chi connectivity index (χ2v) is 3.58. The van der Waals surface area contributed by atoms with Gasteiger partial charge >= 0.3 is 5.97 Å². The van der Waals surface area contributed by atoms with Crippen LogP contribution in [-0.4, -0.2) is 19.2 Å². The van der Waals surface area contributed by atoms with Crippen LogP contribution in [-0.2, 0) is 4.74 Å². The van der Waals surface area contributed by atoms with E-state index in [0.29, 0.717) is 17.0 Å². The molecule has 4 nitrogen and oxygen atoms in total. The smallest absolute Gasteiger partial charge is 0.342 e. The molecular weight excluding hydrogens is 206 g/mol. The first-order valence-electron chi connectivity index (χ1n) is 5.23. The summed E-state index contributed by atoms with van der Waals surface area (Å²) in [5.41, 5.74) is 6.49. The minimum atomic E-state index is -0.404. The Morgan fingerprint density at radius 1 is 1.50 bits per heavy atom. The van der Waals surface area contributed by atoms with Crippen LogP contribution < -0.4 is 10.5 Å². The van der Waals surface area contributed by atoms with Gasteiger partial charge in [-0.15, -0.1) is 0 Å². The molecule has 1 aromatic carbocycles. The Labute approximate surface area is 95.3 Å². The summed E-state index contributed by atoms with van der Waals surface area (Å²) in [5, 5.41) is 0. The standard InChI is InChI=1S/C12H17NO3/c1-4-8(2)16-12(14)10-7-9(13)5-6-11(10)15-3/h5-8H,4,13H2,1-3H3/t8-/m0/s1. The van der Waals surface area contributed by atoms with E-state index in [-0.39, 0.29) is 6.10 Å². The van der Waals surface area contributed by atoms with Gasteiger partial charge in [-0.1, -0.05) is 6.92 Å². The van der Waals surface area contributed by atoms with Gasteiger partial charge in [0.15, 0.2) is 0 Å². The number of carbonyl (C=O) groups is 1. The van der Waals surface area contributed by atoms with E-state index >= 15 is 0 Å². The average molecular weight is 223 g/mol. The predicted octanol–water partition coefficient (Wildman–Crippen LogP) is 2.23. The van der Waals surface area contributed by atoms with Crippen LogP contribution in [0.4, 0.5) is 5.69 Å². The Bertz CT molecular complexity index is 377. The van der Waals surface area contributed by atoms with Crippen molar-refractivity contribution in [1.29, 1.82) is 0 Å². The first-order valence-corrected chi connectivity index (χ1v) is 5.23. The van der Waals surface area contributed by atoms with E-state index in [1.54, 1.807) is 18.2 Å². The maximum Gasteiger partial charge on any atom is 0.342 e. The number of nitrogen functional groups attached to an aromatic ring is 1. The highest BCUT2D eigenvalue weighted by Crippen LogP contribution is 2.22. The zero-order valence-corrected chi connectivity index (χ0v) is 9.82. The van der Waals surface area contributed by atoms with Crippen LogP contribution in [0.3, 0.4) is 0 Å². The van der Waals surface area contributed by atoms with E-state index in [9.17, 15) is 4.79 Å². The lowest BCUT2D eigenvalue weighted by atomic mass is 10.2. The first-order chi connectivity index (χ1) is 7.58. The van der Waals surface area contributed by atoms with E-state index in [2.05, 4.69) is 0 Å². The van der Waals surface area contributed by atoms with E-state index < -0.39 is 5.97 Å². The Morgan fingerprint density at radius 2 is 2.19 bits per heavy atom. The highest BCUT2D eigenvalue weighted by atomic mass is 16.5. The number of rotatable bonds is 4. The number of hydrogen-bond acceptors (Lipinski definition) is 4. The van der Waals surface area contributed by atoms with Crippen LogP contribution >= 0.6 is 0 Å². The number of hydrogen-bond donors (Lipinski definition) is 1. The number of benzene rings is 1. The summed E-state index contributed by atoms with van der Waals surface area (Å²) in [7, 11) is 1.51. The first kappa shape index (κ1) is 12.4. The van der Waals surface area contributed by atoms with Gasteiger partial charge in [-0.2, -0.15) is 0 Å². The molecule has 0 spiro atoms.